The molecule has 3 fully saturated rings. The highest BCUT2D eigenvalue weighted by Gasteiger charge is 2.22. The number of hydrogen-bond acceptors (Lipinski definition) is 19. The molecule has 9 heterocycles. The Kier molecular flexibility index (Phi) is 21.3. The van der Waals surface area contributed by atoms with Gasteiger partial charge in [0.2, 0.25) is 0 Å². The van der Waals surface area contributed by atoms with E-state index in [1.807, 2.05) is 0 Å². The van der Waals surface area contributed by atoms with Gasteiger partial charge in [-0.25, -0.2) is 62.8 Å². The first-order valence-corrected chi connectivity index (χ1v) is 29.5. The molecule has 0 unspecified atom stereocenters. The number of aromatic nitrogens is 9. The Bertz CT molecular complexity index is 3760. The summed E-state index contributed by atoms with van der Waals surface area (Å²) in [5.41, 5.74) is 29.6. The summed E-state index contributed by atoms with van der Waals surface area (Å²) in [4.78, 5) is 80.7. The number of nitrogen functional groups attached to an aromatic ring is 3. The quantitative estimate of drug-likeness (QED) is 0.0671. The first-order chi connectivity index (χ1) is 42.3. The molecular weight excluding hydrogens is 1130 g/mol. The predicted molar refractivity (Wildman–Crippen MR) is 335 cm³/mol. The van der Waals surface area contributed by atoms with E-state index in [0.717, 1.165) is 83.2 Å². The van der Waals surface area contributed by atoms with Gasteiger partial charge in [0.15, 0.2) is 29.0 Å². The molecule has 3 aliphatic heterocycles. The standard InChI is InChI=1S/2C22H24FN5O.C14H9FN4O2.C7H16N2/c2*1-28-8-6-14(7-9-28)2-5-20(29)16-10-15(11-17(23)12-16)18-3-4-19-21(27-18)22(24)26-13-25-19;15-9-4-7(3-8(5-9)14(20)21)10-1-2-11-12(19-10)13(16)18-6-17-11;1-9-4-2-7(6-8)3-5-9/h2*3-4,10-14H,2,5-9H2,1H3,(H2,24,25,26);1-6H,(H,20,21)(H2,16,17,18);7H,2-6,8H2,1H3. The molecule has 12 rings (SSSR count). The number of carbonyl (C=O) groups excluding carboxylic acids is 2. The molecule has 20 nitrogen and oxygen atoms in total. The third-order valence-corrected chi connectivity index (χ3v) is 16.4. The van der Waals surface area contributed by atoms with E-state index >= 15 is 0 Å². The number of piperidine rings is 3. The molecule has 23 heteroatoms. The fourth-order valence-electron chi connectivity index (χ4n) is 11.0. The number of benzene rings is 3. The lowest BCUT2D eigenvalue weighted by atomic mass is 9.90. The van der Waals surface area contributed by atoms with Crippen molar-refractivity contribution in [3.05, 3.63) is 144 Å². The van der Waals surface area contributed by atoms with E-state index < -0.39 is 23.4 Å². The normalized spacial score (nSPS) is 15.4. The zero-order chi connectivity index (χ0) is 62.4. The van der Waals surface area contributed by atoms with Crippen LogP contribution in [0.4, 0.5) is 30.6 Å². The van der Waals surface area contributed by atoms with Gasteiger partial charge in [-0.05, 0) is 227 Å². The van der Waals surface area contributed by atoms with Gasteiger partial charge in [-0.2, -0.15) is 0 Å². The highest BCUT2D eigenvalue weighted by molar-refractivity contribution is 5.98. The van der Waals surface area contributed by atoms with Crippen LogP contribution >= 0.6 is 0 Å². The maximum absolute atomic E-state index is 14.3. The number of rotatable bonds is 13. The molecule has 88 heavy (non-hydrogen) atoms. The molecule has 458 valence electrons. The number of halogens is 3. The van der Waals surface area contributed by atoms with Crippen molar-refractivity contribution in [3.63, 3.8) is 0 Å². The molecule has 0 radical (unpaired) electrons. The third-order valence-electron chi connectivity index (χ3n) is 16.4. The molecule has 0 saturated carbocycles. The van der Waals surface area contributed by atoms with Crippen molar-refractivity contribution in [2.24, 2.45) is 23.5 Å². The second kappa shape index (κ2) is 29.6. The van der Waals surface area contributed by atoms with E-state index in [2.05, 4.69) is 80.7 Å². The Balaban J connectivity index is 0.000000148. The fraction of sp³-hybridized carbons (Fsp3) is 0.354. The number of nitrogens with two attached hydrogens (primary N) is 4. The molecule has 3 saturated heterocycles. The number of carboxylic acid groups (broad SMARTS) is 1. The van der Waals surface area contributed by atoms with Crippen LogP contribution in [0.5, 0.6) is 0 Å². The van der Waals surface area contributed by atoms with Crippen molar-refractivity contribution in [2.45, 2.75) is 64.2 Å². The molecule has 0 atom stereocenters. The smallest absolute Gasteiger partial charge is 0.335 e. The summed E-state index contributed by atoms with van der Waals surface area (Å²) in [6.07, 6.45) is 13.7. The van der Waals surface area contributed by atoms with Crippen LogP contribution in [0.25, 0.3) is 66.9 Å². The summed E-state index contributed by atoms with van der Waals surface area (Å²) in [6.45, 7) is 7.65. The molecule has 0 spiro atoms. The van der Waals surface area contributed by atoms with Crippen molar-refractivity contribution >= 4 is 68.1 Å². The van der Waals surface area contributed by atoms with E-state index in [0.29, 0.717) is 103 Å². The summed E-state index contributed by atoms with van der Waals surface area (Å²) in [7, 11) is 6.42. The maximum atomic E-state index is 14.3. The highest BCUT2D eigenvalue weighted by Crippen LogP contribution is 2.30. The Morgan fingerprint density at radius 2 is 0.761 bits per heavy atom. The molecule has 3 aliphatic rings. The SMILES string of the molecule is CN1CCC(CCC(=O)c2cc(F)cc(-c3ccc4ncnc(N)c4n3)c2)CC1.CN1CCC(CCC(=O)c2cc(F)cc(-c3ccc4ncnc(N)c4n3)c2)CC1.CN1CCC(CN)CC1.Nc1ncnc2ccc(-c3cc(F)cc(C(=O)O)c3)nc12. The zero-order valence-corrected chi connectivity index (χ0v) is 49.6. The lowest BCUT2D eigenvalue weighted by Gasteiger charge is -2.28. The lowest BCUT2D eigenvalue weighted by Crippen LogP contribution is -2.33. The van der Waals surface area contributed by atoms with Crippen molar-refractivity contribution in [3.8, 4) is 33.8 Å². The summed E-state index contributed by atoms with van der Waals surface area (Å²) in [6, 6.07) is 22.6. The summed E-state index contributed by atoms with van der Waals surface area (Å²) >= 11 is 0. The molecule has 6 aromatic heterocycles. The van der Waals surface area contributed by atoms with Crippen molar-refractivity contribution < 1.29 is 32.7 Å². The number of Topliss-reactive ketones (excluding diaryl/α,β-unsaturated/α-hetero) is 2. The van der Waals surface area contributed by atoms with Crippen LogP contribution in [0.1, 0.15) is 95.3 Å². The molecule has 0 bridgehead atoms. The van der Waals surface area contributed by atoms with Gasteiger partial charge in [-0.1, -0.05) is 0 Å². The summed E-state index contributed by atoms with van der Waals surface area (Å²) in [5.74, 6) is -0.163. The van der Waals surface area contributed by atoms with Crippen molar-refractivity contribution in [1.82, 2.24) is 59.6 Å². The van der Waals surface area contributed by atoms with Crippen LogP contribution in [-0.2, 0) is 0 Å². The van der Waals surface area contributed by atoms with Crippen LogP contribution in [0.3, 0.4) is 0 Å². The number of aromatic carboxylic acids is 1. The highest BCUT2D eigenvalue weighted by atomic mass is 19.1. The second-order valence-electron chi connectivity index (χ2n) is 22.9. The van der Waals surface area contributed by atoms with E-state index in [1.54, 1.807) is 48.5 Å². The van der Waals surface area contributed by atoms with Crippen LogP contribution in [0.15, 0.2) is 110 Å². The number of carboxylic acids is 1. The average Bonchev–Trinajstić information content (AvgIpc) is 3.33. The van der Waals surface area contributed by atoms with Gasteiger partial charge in [0.25, 0.3) is 0 Å². The Morgan fingerprint density at radius 3 is 1.08 bits per heavy atom. The maximum Gasteiger partial charge on any atom is 0.335 e. The van der Waals surface area contributed by atoms with Gasteiger partial charge in [0.05, 0.1) is 39.2 Å². The van der Waals surface area contributed by atoms with Gasteiger partial charge >= 0.3 is 5.97 Å². The average molecular weight is 1200 g/mol. The number of carbonyl (C=O) groups is 3. The predicted octanol–water partition coefficient (Wildman–Crippen LogP) is 9.83. The number of ketones is 2. The van der Waals surface area contributed by atoms with Crippen molar-refractivity contribution in [1.29, 1.82) is 0 Å². The van der Waals surface area contributed by atoms with Crippen molar-refractivity contribution in [2.75, 3.05) is 84.2 Å². The minimum atomic E-state index is -1.21. The van der Waals surface area contributed by atoms with Gasteiger partial charge in [-0.15, -0.1) is 0 Å². The Labute approximate surface area is 508 Å². The third kappa shape index (κ3) is 16.9. The number of likely N-dealkylation sites (tertiary alicyclic amines) is 3. The summed E-state index contributed by atoms with van der Waals surface area (Å²) in [5, 5.41) is 8.97. The molecule has 0 aliphatic carbocycles. The van der Waals surface area contributed by atoms with E-state index in [1.165, 1.54) is 81.3 Å². The number of nitrogens with zero attached hydrogens (tertiary/aromatic N) is 12. The van der Waals surface area contributed by atoms with Gasteiger partial charge in [0, 0.05) is 40.7 Å². The summed E-state index contributed by atoms with van der Waals surface area (Å²) < 4.78 is 42.1. The topological polar surface area (TPSA) is 301 Å². The van der Waals surface area contributed by atoms with Crippen LogP contribution in [0.2, 0.25) is 0 Å². The van der Waals surface area contributed by atoms with E-state index in [9.17, 15) is 27.6 Å². The second-order valence-corrected chi connectivity index (χ2v) is 22.9. The zero-order valence-electron chi connectivity index (χ0n) is 49.6. The number of pyridine rings is 3. The molecule has 0 amide bonds. The first kappa shape index (κ1) is 63.5. The molecular formula is C65H73F3N16O4. The van der Waals surface area contributed by atoms with Gasteiger partial charge in [-0.3, -0.25) is 9.59 Å². The number of hydrogen-bond donors (Lipinski definition) is 5. The number of anilines is 3. The van der Waals surface area contributed by atoms with Crippen LogP contribution in [-0.4, -0.2) is 149 Å². The molecule has 9 aromatic rings. The first-order valence-electron chi connectivity index (χ1n) is 29.5. The Hall–Kier alpha value is -9.03. The van der Waals surface area contributed by atoms with E-state index in [4.69, 9.17) is 28.0 Å². The molecule has 9 N–H and O–H groups in total. The number of fused-ring (bicyclic) bond motifs is 3. The monoisotopic (exact) mass is 1200 g/mol. The van der Waals surface area contributed by atoms with Crippen LogP contribution in [0, 0.1) is 35.2 Å². The van der Waals surface area contributed by atoms with Gasteiger partial charge in [0.1, 0.15) is 53.0 Å². The minimum absolute atomic E-state index is 0.0340. The Morgan fingerprint density at radius 1 is 0.455 bits per heavy atom. The van der Waals surface area contributed by atoms with E-state index in [-0.39, 0.29) is 34.6 Å². The van der Waals surface area contributed by atoms with Gasteiger partial charge < -0.3 is 42.7 Å². The minimum Gasteiger partial charge on any atom is -0.478 e. The molecule has 3 aromatic carbocycles. The largest absolute Gasteiger partial charge is 0.478 e. The van der Waals surface area contributed by atoms with Crippen LogP contribution < -0.4 is 22.9 Å². The fourth-order valence-corrected chi connectivity index (χ4v) is 11.0. The lowest BCUT2D eigenvalue weighted by molar-refractivity contribution is 0.0695.